The van der Waals surface area contributed by atoms with Crippen LogP contribution in [0.25, 0.3) is 0 Å². The van der Waals surface area contributed by atoms with Crippen LogP contribution in [-0.4, -0.2) is 55.2 Å². The number of carbonyl (C=O) groups is 1. The quantitative estimate of drug-likeness (QED) is 0.244. The third-order valence-electron chi connectivity index (χ3n) is 9.07. The number of nitrogens with one attached hydrogen (secondary N) is 2. The molecule has 2 fully saturated rings. The number of piperidine rings is 2. The molecule has 5 nitrogen and oxygen atoms in total. The van der Waals surface area contributed by atoms with Crippen LogP contribution < -0.4 is 10.6 Å². The molecule has 0 aliphatic carbocycles. The van der Waals surface area contributed by atoms with E-state index in [4.69, 9.17) is 11.6 Å². The predicted octanol–water partition coefficient (Wildman–Crippen LogP) is 6.35. The van der Waals surface area contributed by atoms with Gasteiger partial charge >= 0.3 is 0 Å². The summed E-state index contributed by atoms with van der Waals surface area (Å²) in [5, 5.41) is 18.8. The molecule has 0 aromatic heterocycles. The van der Waals surface area contributed by atoms with Gasteiger partial charge in [-0.2, -0.15) is 0 Å². The number of rotatable bonds is 10. The molecule has 0 radical (unpaired) electrons. The SMILES string of the molecule is Cl.Cl.O=C(NCC(CCCN1CCC(O)(c2ccc(Cl)cc2)CC1)(c1ccccc1)c1ccccc1)C1CCNCC1. The highest BCUT2D eigenvalue weighted by atomic mass is 35.5. The maximum atomic E-state index is 13.2. The Morgan fingerprint density at radius 3 is 2.00 bits per heavy atom. The zero-order valence-electron chi connectivity index (χ0n) is 24.1. The van der Waals surface area contributed by atoms with Gasteiger partial charge in [0, 0.05) is 36.0 Å². The van der Waals surface area contributed by atoms with Crippen molar-refractivity contribution in [1.29, 1.82) is 0 Å². The Labute approximate surface area is 268 Å². The average molecular weight is 633 g/mol. The maximum absolute atomic E-state index is 13.2. The number of aliphatic hydroxyl groups is 1. The van der Waals surface area contributed by atoms with Crippen LogP contribution in [0.2, 0.25) is 5.02 Å². The molecule has 0 spiro atoms. The van der Waals surface area contributed by atoms with Crippen LogP contribution in [0.5, 0.6) is 0 Å². The summed E-state index contributed by atoms with van der Waals surface area (Å²) in [4.78, 5) is 15.7. The van der Waals surface area contributed by atoms with E-state index in [1.807, 2.05) is 24.3 Å². The van der Waals surface area contributed by atoms with Gasteiger partial charge in [-0.05, 0) is 87.0 Å². The van der Waals surface area contributed by atoms with Crippen molar-refractivity contribution in [3.8, 4) is 0 Å². The van der Waals surface area contributed by atoms with Gasteiger partial charge in [0.1, 0.15) is 0 Å². The molecule has 8 heteroatoms. The van der Waals surface area contributed by atoms with Crippen LogP contribution in [0.1, 0.15) is 55.2 Å². The number of benzene rings is 3. The standard InChI is InChI=1S/C34H42ClN3O2.2ClH/c35-31-14-12-30(13-15-31)34(40)19-24-38(25-20-34)23-7-18-33(28-8-3-1-4-9-28,29-10-5-2-6-11-29)26-37-32(39)27-16-21-36-22-17-27;;/h1-6,8-15,27,36,40H,7,16-26H2,(H,37,39);2*1H. The minimum Gasteiger partial charge on any atom is -0.385 e. The van der Waals surface area contributed by atoms with Gasteiger partial charge in [0.2, 0.25) is 5.91 Å². The Hall–Kier alpha value is -2.12. The lowest BCUT2D eigenvalue weighted by atomic mass is 9.71. The van der Waals surface area contributed by atoms with E-state index in [1.54, 1.807) is 0 Å². The molecule has 5 rings (SSSR count). The Morgan fingerprint density at radius 1 is 0.905 bits per heavy atom. The summed E-state index contributed by atoms with van der Waals surface area (Å²) in [5.41, 5.74) is 2.32. The lowest BCUT2D eigenvalue weighted by Crippen LogP contribution is -2.46. The van der Waals surface area contributed by atoms with E-state index in [9.17, 15) is 9.90 Å². The summed E-state index contributed by atoms with van der Waals surface area (Å²) in [7, 11) is 0. The third kappa shape index (κ3) is 8.28. The van der Waals surface area contributed by atoms with Gasteiger partial charge in [0.15, 0.2) is 0 Å². The largest absolute Gasteiger partial charge is 0.385 e. The molecule has 2 aliphatic rings. The minimum atomic E-state index is -0.794. The molecule has 42 heavy (non-hydrogen) atoms. The van der Waals surface area contributed by atoms with E-state index in [-0.39, 0.29) is 42.1 Å². The van der Waals surface area contributed by atoms with Crippen molar-refractivity contribution in [2.75, 3.05) is 39.3 Å². The van der Waals surface area contributed by atoms with Crippen LogP contribution in [0.4, 0.5) is 0 Å². The maximum Gasteiger partial charge on any atom is 0.223 e. The van der Waals surface area contributed by atoms with Gasteiger partial charge < -0.3 is 20.6 Å². The van der Waals surface area contributed by atoms with E-state index in [0.29, 0.717) is 24.4 Å². The molecule has 0 atom stereocenters. The van der Waals surface area contributed by atoms with Crippen LogP contribution in [-0.2, 0) is 15.8 Å². The van der Waals surface area contributed by atoms with Gasteiger partial charge in [0.05, 0.1) is 5.60 Å². The zero-order chi connectivity index (χ0) is 27.8. The number of nitrogens with zero attached hydrogens (tertiary/aromatic N) is 1. The van der Waals surface area contributed by atoms with Crippen LogP contribution in [0.15, 0.2) is 84.9 Å². The van der Waals surface area contributed by atoms with Gasteiger partial charge in [-0.1, -0.05) is 84.4 Å². The summed E-state index contributed by atoms with van der Waals surface area (Å²) >= 11 is 6.07. The number of hydrogen-bond donors (Lipinski definition) is 3. The Balaban J connectivity index is 0.00000242. The van der Waals surface area contributed by atoms with E-state index in [1.165, 1.54) is 11.1 Å². The molecule has 2 saturated heterocycles. The van der Waals surface area contributed by atoms with Gasteiger partial charge in [-0.25, -0.2) is 0 Å². The molecule has 228 valence electrons. The van der Waals surface area contributed by atoms with Crippen molar-refractivity contribution in [1.82, 2.24) is 15.5 Å². The van der Waals surface area contributed by atoms with Crippen molar-refractivity contribution in [3.63, 3.8) is 0 Å². The second kappa shape index (κ2) is 16.1. The second-order valence-corrected chi connectivity index (χ2v) is 12.0. The van der Waals surface area contributed by atoms with E-state index < -0.39 is 5.60 Å². The fourth-order valence-corrected chi connectivity index (χ4v) is 6.65. The first-order chi connectivity index (χ1) is 19.5. The molecule has 3 aromatic carbocycles. The summed E-state index contributed by atoms with van der Waals surface area (Å²) in [6.45, 7) is 5.07. The summed E-state index contributed by atoms with van der Waals surface area (Å²) in [6, 6.07) is 29.0. The Morgan fingerprint density at radius 2 is 1.45 bits per heavy atom. The van der Waals surface area contributed by atoms with Crippen molar-refractivity contribution < 1.29 is 9.90 Å². The highest BCUT2D eigenvalue weighted by Crippen LogP contribution is 2.38. The van der Waals surface area contributed by atoms with Gasteiger partial charge in [-0.3, -0.25) is 4.79 Å². The molecule has 2 aliphatic heterocycles. The van der Waals surface area contributed by atoms with Crippen molar-refractivity contribution in [3.05, 3.63) is 107 Å². The highest BCUT2D eigenvalue weighted by Gasteiger charge is 2.37. The van der Waals surface area contributed by atoms with Gasteiger partial charge in [0.25, 0.3) is 0 Å². The third-order valence-corrected chi connectivity index (χ3v) is 9.32. The summed E-state index contributed by atoms with van der Waals surface area (Å²) < 4.78 is 0. The number of hydrogen-bond acceptors (Lipinski definition) is 4. The predicted molar refractivity (Wildman–Crippen MR) is 177 cm³/mol. The minimum absolute atomic E-state index is 0. The van der Waals surface area contributed by atoms with Gasteiger partial charge in [-0.15, -0.1) is 24.8 Å². The Kier molecular flexibility index (Phi) is 13.2. The van der Waals surface area contributed by atoms with Crippen molar-refractivity contribution in [2.24, 2.45) is 5.92 Å². The smallest absolute Gasteiger partial charge is 0.223 e. The average Bonchev–Trinajstić information content (AvgIpc) is 3.01. The lowest BCUT2D eigenvalue weighted by molar-refractivity contribution is -0.125. The first kappa shape index (κ1) is 34.4. The summed E-state index contributed by atoms with van der Waals surface area (Å²) in [6.07, 6.45) is 5.13. The van der Waals surface area contributed by atoms with Crippen molar-refractivity contribution >= 4 is 42.3 Å². The van der Waals surface area contributed by atoms with Crippen LogP contribution >= 0.6 is 36.4 Å². The topological polar surface area (TPSA) is 64.6 Å². The monoisotopic (exact) mass is 631 g/mol. The molecular formula is C34H44Cl3N3O2. The van der Waals surface area contributed by atoms with Crippen LogP contribution in [0.3, 0.4) is 0 Å². The molecule has 0 unspecified atom stereocenters. The summed E-state index contributed by atoms with van der Waals surface area (Å²) in [5.74, 6) is 0.258. The Bertz CT molecular complexity index is 1170. The fraction of sp³-hybridized carbons (Fsp3) is 0.441. The lowest BCUT2D eigenvalue weighted by Gasteiger charge is -2.40. The molecule has 0 saturated carbocycles. The van der Waals surface area contributed by atoms with E-state index >= 15 is 0 Å². The zero-order valence-corrected chi connectivity index (χ0v) is 26.5. The number of amides is 1. The number of carbonyl (C=O) groups excluding carboxylic acids is 1. The highest BCUT2D eigenvalue weighted by molar-refractivity contribution is 6.30. The van der Waals surface area contributed by atoms with E-state index in [0.717, 1.165) is 64.0 Å². The normalized spacial score (nSPS) is 17.5. The van der Waals surface area contributed by atoms with Crippen LogP contribution in [0, 0.1) is 5.92 Å². The molecular weight excluding hydrogens is 589 g/mol. The number of halogens is 3. The molecule has 2 heterocycles. The first-order valence-corrected chi connectivity index (χ1v) is 15.2. The molecule has 1 amide bonds. The van der Waals surface area contributed by atoms with E-state index in [2.05, 4.69) is 76.2 Å². The first-order valence-electron chi connectivity index (χ1n) is 14.8. The van der Waals surface area contributed by atoms with Crippen molar-refractivity contribution in [2.45, 2.75) is 49.5 Å². The number of likely N-dealkylation sites (tertiary alicyclic amines) is 1. The molecule has 3 N–H and O–H groups in total. The molecule has 3 aromatic rings. The fourth-order valence-electron chi connectivity index (χ4n) is 6.53. The molecule has 0 bridgehead atoms. The second-order valence-electron chi connectivity index (χ2n) is 11.5.